The largest absolute Gasteiger partial charge is 0.356 e. The lowest BCUT2D eigenvalue weighted by Gasteiger charge is -2.25. The van der Waals surface area contributed by atoms with Crippen LogP contribution in [0.1, 0.15) is 45.4 Å². The Morgan fingerprint density at radius 1 is 1.25 bits per heavy atom. The number of rotatable bonds is 6. The van der Waals surface area contributed by atoms with Gasteiger partial charge in [-0.1, -0.05) is 0 Å². The Hall–Kier alpha value is -0.380. The summed E-state index contributed by atoms with van der Waals surface area (Å²) in [6, 6.07) is 0. The first kappa shape index (κ1) is 14.6. The first-order chi connectivity index (χ1) is 9.70. The van der Waals surface area contributed by atoms with Gasteiger partial charge in [0.15, 0.2) is 5.96 Å². The van der Waals surface area contributed by atoms with Crippen molar-refractivity contribution < 1.29 is 0 Å². The second-order valence-corrected chi connectivity index (χ2v) is 8.73. The molecule has 20 heavy (non-hydrogen) atoms. The van der Waals surface area contributed by atoms with Gasteiger partial charge in [-0.3, -0.25) is 4.99 Å². The van der Waals surface area contributed by atoms with Gasteiger partial charge in [0.1, 0.15) is 0 Å². The van der Waals surface area contributed by atoms with Gasteiger partial charge < -0.3 is 10.6 Å². The van der Waals surface area contributed by atoms with Crippen LogP contribution < -0.4 is 10.6 Å². The second kappa shape index (κ2) is 6.17. The van der Waals surface area contributed by atoms with E-state index in [1.165, 1.54) is 44.3 Å². The Morgan fingerprint density at radius 2 is 1.95 bits per heavy atom. The highest BCUT2D eigenvalue weighted by Gasteiger charge is 2.41. The molecular weight excluding hydrogens is 266 g/mol. The fourth-order valence-corrected chi connectivity index (χ4v) is 4.69. The number of guanidine groups is 1. The molecular formula is C16H29N3S. The number of hydrogen-bond donors (Lipinski definition) is 2. The van der Waals surface area contributed by atoms with Crippen molar-refractivity contribution in [1.82, 2.24) is 10.6 Å². The Balaban J connectivity index is 1.42. The third-order valence-electron chi connectivity index (χ3n) is 5.11. The second-order valence-electron chi connectivity index (χ2n) is 7.05. The molecule has 3 rings (SSSR count). The molecule has 0 aromatic rings. The van der Waals surface area contributed by atoms with Crippen molar-refractivity contribution in [2.45, 2.75) is 50.2 Å². The Morgan fingerprint density at radius 3 is 2.45 bits per heavy atom. The number of nitrogens with one attached hydrogen (secondary N) is 2. The summed E-state index contributed by atoms with van der Waals surface area (Å²) >= 11 is 2.11. The Kier molecular flexibility index (Phi) is 4.49. The maximum atomic E-state index is 4.40. The molecule has 1 atom stereocenters. The minimum atomic E-state index is 0.407. The van der Waals surface area contributed by atoms with Crippen molar-refractivity contribution in [3.8, 4) is 0 Å². The molecule has 2 N–H and O–H groups in total. The lowest BCUT2D eigenvalue weighted by molar-refractivity contribution is 0.400. The van der Waals surface area contributed by atoms with Crippen molar-refractivity contribution in [1.29, 1.82) is 0 Å². The summed E-state index contributed by atoms with van der Waals surface area (Å²) < 4.78 is 0.407. The van der Waals surface area contributed by atoms with E-state index in [1.54, 1.807) is 0 Å². The van der Waals surface area contributed by atoms with E-state index >= 15 is 0 Å². The summed E-state index contributed by atoms with van der Waals surface area (Å²) in [4.78, 5) is 4.40. The summed E-state index contributed by atoms with van der Waals surface area (Å²) in [6.07, 6.45) is 8.54. The lowest BCUT2D eigenvalue weighted by atomic mass is 9.98. The predicted molar refractivity (Wildman–Crippen MR) is 88.4 cm³/mol. The van der Waals surface area contributed by atoms with E-state index in [0.717, 1.165) is 36.8 Å². The predicted octanol–water partition coefficient (Wildman–Crippen LogP) is 2.87. The van der Waals surface area contributed by atoms with Crippen LogP contribution in [0.5, 0.6) is 0 Å². The normalized spacial score (nSPS) is 30.9. The molecule has 0 bridgehead atoms. The summed E-state index contributed by atoms with van der Waals surface area (Å²) in [5.41, 5.74) is 0. The third-order valence-corrected chi connectivity index (χ3v) is 6.65. The maximum Gasteiger partial charge on any atom is 0.191 e. The molecule has 2 saturated carbocycles. The highest BCUT2D eigenvalue weighted by atomic mass is 32.2. The lowest BCUT2D eigenvalue weighted by Crippen LogP contribution is -2.45. The van der Waals surface area contributed by atoms with E-state index in [4.69, 9.17) is 0 Å². The van der Waals surface area contributed by atoms with Crippen molar-refractivity contribution in [2.75, 3.05) is 25.9 Å². The standard InChI is InChI=1S/C16H29N3S/c1-16(8-3-9-20-16)11-19-15(17-2)18-10-14(12-4-5-12)13-6-7-13/h12-14H,3-11H2,1-2H3,(H2,17,18,19). The van der Waals surface area contributed by atoms with Gasteiger partial charge in [-0.05, 0) is 69.0 Å². The van der Waals surface area contributed by atoms with E-state index in [-0.39, 0.29) is 0 Å². The topological polar surface area (TPSA) is 36.4 Å². The van der Waals surface area contributed by atoms with Crippen molar-refractivity contribution >= 4 is 17.7 Å². The van der Waals surface area contributed by atoms with E-state index in [0.29, 0.717) is 4.75 Å². The molecule has 1 unspecified atom stereocenters. The molecule has 0 amide bonds. The molecule has 0 aromatic carbocycles. The van der Waals surface area contributed by atoms with E-state index in [9.17, 15) is 0 Å². The summed E-state index contributed by atoms with van der Waals surface area (Å²) in [5, 5.41) is 7.13. The van der Waals surface area contributed by atoms with Gasteiger partial charge in [0.2, 0.25) is 0 Å². The summed E-state index contributed by atoms with van der Waals surface area (Å²) in [6.45, 7) is 4.54. The average molecular weight is 295 g/mol. The van der Waals surface area contributed by atoms with Crippen LogP contribution in [0.4, 0.5) is 0 Å². The molecule has 0 spiro atoms. The Bertz CT molecular complexity index is 343. The summed E-state index contributed by atoms with van der Waals surface area (Å²) in [7, 11) is 1.89. The number of hydrogen-bond acceptors (Lipinski definition) is 2. The fraction of sp³-hybridized carbons (Fsp3) is 0.938. The van der Waals surface area contributed by atoms with Crippen LogP contribution in [-0.2, 0) is 0 Å². The van der Waals surface area contributed by atoms with E-state index in [2.05, 4.69) is 34.3 Å². The van der Waals surface area contributed by atoms with Gasteiger partial charge in [-0.25, -0.2) is 0 Å². The van der Waals surface area contributed by atoms with Gasteiger partial charge in [-0.2, -0.15) is 11.8 Å². The first-order valence-electron chi connectivity index (χ1n) is 8.29. The van der Waals surface area contributed by atoms with Crippen LogP contribution in [0.2, 0.25) is 0 Å². The van der Waals surface area contributed by atoms with E-state index < -0.39 is 0 Å². The van der Waals surface area contributed by atoms with Gasteiger partial charge in [0.25, 0.3) is 0 Å². The maximum absolute atomic E-state index is 4.40. The minimum absolute atomic E-state index is 0.407. The van der Waals surface area contributed by atoms with Crippen molar-refractivity contribution in [2.24, 2.45) is 22.7 Å². The third kappa shape index (κ3) is 3.84. The monoisotopic (exact) mass is 295 g/mol. The van der Waals surface area contributed by atoms with Crippen molar-refractivity contribution in [3.05, 3.63) is 0 Å². The fourth-order valence-electron chi connectivity index (χ4n) is 3.45. The van der Waals surface area contributed by atoms with Gasteiger partial charge in [0.05, 0.1) is 0 Å². The van der Waals surface area contributed by atoms with Crippen LogP contribution in [-0.4, -0.2) is 36.6 Å². The highest BCUT2D eigenvalue weighted by Crippen LogP contribution is 2.48. The van der Waals surface area contributed by atoms with Crippen LogP contribution in [0.3, 0.4) is 0 Å². The SMILES string of the molecule is CN=C(NCC(C1CC1)C1CC1)NCC1(C)CCCS1. The average Bonchev–Trinajstić information content (AvgIpc) is 3.35. The molecule has 3 fully saturated rings. The molecule has 1 aliphatic heterocycles. The highest BCUT2D eigenvalue weighted by molar-refractivity contribution is 8.00. The minimum Gasteiger partial charge on any atom is -0.356 e. The molecule has 3 nitrogen and oxygen atoms in total. The molecule has 3 aliphatic rings. The van der Waals surface area contributed by atoms with Crippen LogP contribution in [0.25, 0.3) is 0 Å². The quantitative estimate of drug-likeness (QED) is 0.584. The van der Waals surface area contributed by atoms with Crippen LogP contribution in [0, 0.1) is 17.8 Å². The van der Waals surface area contributed by atoms with Gasteiger partial charge >= 0.3 is 0 Å². The smallest absolute Gasteiger partial charge is 0.191 e. The van der Waals surface area contributed by atoms with Gasteiger partial charge in [0, 0.05) is 24.9 Å². The molecule has 1 saturated heterocycles. The van der Waals surface area contributed by atoms with E-state index in [1.807, 2.05) is 7.05 Å². The van der Waals surface area contributed by atoms with Gasteiger partial charge in [-0.15, -0.1) is 0 Å². The zero-order chi connectivity index (χ0) is 14.0. The molecule has 1 heterocycles. The van der Waals surface area contributed by atoms with Crippen LogP contribution in [0.15, 0.2) is 4.99 Å². The zero-order valence-electron chi connectivity index (χ0n) is 13.0. The summed E-state index contributed by atoms with van der Waals surface area (Å²) in [5.74, 6) is 5.25. The molecule has 0 aromatic heterocycles. The number of aliphatic imine (C=N–C) groups is 1. The molecule has 4 heteroatoms. The number of thioether (sulfide) groups is 1. The molecule has 114 valence electrons. The first-order valence-corrected chi connectivity index (χ1v) is 9.27. The zero-order valence-corrected chi connectivity index (χ0v) is 13.8. The molecule has 0 radical (unpaired) electrons. The molecule has 2 aliphatic carbocycles. The number of nitrogens with zero attached hydrogens (tertiary/aromatic N) is 1. The van der Waals surface area contributed by atoms with Crippen LogP contribution >= 0.6 is 11.8 Å². The van der Waals surface area contributed by atoms with Crippen molar-refractivity contribution in [3.63, 3.8) is 0 Å². The Labute approximate surface area is 127 Å².